The number of ether oxygens (including phenoxy) is 1. The molecule has 1 aromatic carbocycles. The van der Waals surface area contributed by atoms with Crippen molar-refractivity contribution < 1.29 is 4.74 Å². The summed E-state index contributed by atoms with van der Waals surface area (Å²) in [5, 5.41) is 0. The molecule has 1 atom stereocenters. The molecule has 1 unspecified atom stereocenters. The standard InChI is InChI=1S/C19H29BrO/c1-15(2)14-19(11-4-5-12-19)18(20)17-8-6-16(7-9-17)10-13-21-3/h6-9,15,18H,4-5,10-14H2,1-3H3. The highest BCUT2D eigenvalue weighted by Crippen LogP contribution is 2.55. The van der Waals surface area contributed by atoms with Crippen molar-refractivity contribution in [2.75, 3.05) is 13.7 Å². The van der Waals surface area contributed by atoms with Crippen LogP contribution < -0.4 is 0 Å². The Morgan fingerprint density at radius 1 is 1.14 bits per heavy atom. The number of halogens is 1. The first-order valence-electron chi connectivity index (χ1n) is 8.29. The molecule has 1 aliphatic carbocycles. The van der Waals surface area contributed by atoms with Crippen molar-refractivity contribution in [1.82, 2.24) is 0 Å². The monoisotopic (exact) mass is 352 g/mol. The summed E-state index contributed by atoms with van der Waals surface area (Å²) in [5.74, 6) is 0.768. The Kier molecular flexibility index (Phi) is 6.31. The van der Waals surface area contributed by atoms with Gasteiger partial charge in [-0.05, 0) is 48.1 Å². The van der Waals surface area contributed by atoms with Gasteiger partial charge in [0.05, 0.1) is 6.61 Å². The Hall–Kier alpha value is -0.340. The summed E-state index contributed by atoms with van der Waals surface area (Å²) in [7, 11) is 1.76. The second-order valence-electron chi connectivity index (χ2n) is 7.01. The lowest BCUT2D eigenvalue weighted by molar-refractivity contribution is 0.202. The molecule has 1 saturated carbocycles. The number of alkyl halides is 1. The van der Waals surface area contributed by atoms with E-state index in [2.05, 4.69) is 54.0 Å². The lowest BCUT2D eigenvalue weighted by Gasteiger charge is -2.36. The topological polar surface area (TPSA) is 9.23 Å². The lowest BCUT2D eigenvalue weighted by Crippen LogP contribution is -2.24. The molecule has 0 heterocycles. The highest BCUT2D eigenvalue weighted by atomic mass is 79.9. The minimum Gasteiger partial charge on any atom is -0.384 e. The Labute approximate surface area is 138 Å². The molecule has 2 heteroatoms. The third-order valence-corrected chi connectivity index (χ3v) is 6.32. The molecule has 21 heavy (non-hydrogen) atoms. The van der Waals surface area contributed by atoms with Gasteiger partial charge in [-0.3, -0.25) is 0 Å². The van der Waals surface area contributed by atoms with Gasteiger partial charge in [-0.1, -0.05) is 66.9 Å². The molecule has 0 amide bonds. The third kappa shape index (κ3) is 4.32. The minimum absolute atomic E-state index is 0.461. The first-order chi connectivity index (χ1) is 10.1. The predicted molar refractivity (Wildman–Crippen MR) is 94.0 cm³/mol. The zero-order chi connectivity index (χ0) is 15.3. The summed E-state index contributed by atoms with van der Waals surface area (Å²) in [6.45, 7) is 5.51. The molecule has 0 aromatic heterocycles. The van der Waals surface area contributed by atoms with Gasteiger partial charge in [-0.25, -0.2) is 0 Å². The van der Waals surface area contributed by atoms with Crippen molar-refractivity contribution in [3.05, 3.63) is 35.4 Å². The second-order valence-corrected chi connectivity index (χ2v) is 7.93. The fraction of sp³-hybridized carbons (Fsp3) is 0.684. The van der Waals surface area contributed by atoms with Gasteiger partial charge in [0.1, 0.15) is 0 Å². The zero-order valence-electron chi connectivity index (χ0n) is 13.7. The van der Waals surface area contributed by atoms with Crippen LogP contribution in [0.3, 0.4) is 0 Å². The number of benzene rings is 1. The largest absolute Gasteiger partial charge is 0.384 e. The summed E-state index contributed by atoms with van der Waals surface area (Å²) in [6.07, 6.45) is 7.84. The van der Waals surface area contributed by atoms with Gasteiger partial charge in [0.2, 0.25) is 0 Å². The summed E-state index contributed by atoms with van der Waals surface area (Å²) >= 11 is 4.05. The molecule has 0 saturated heterocycles. The van der Waals surface area contributed by atoms with Gasteiger partial charge in [0, 0.05) is 11.9 Å². The van der Waals surface area contributed by atoms with Crippen LogP contribution in [0.1, 0.15) is 61.9 Å². The van der Waals surface area contributed by atoms with Crippen LogP contribution in [0.25, 0.3) is 0 Å². The van der Waals surface area contributed by atoms with Gasteiger partial charge < -0.3 is 4.74 Å². The highest BCUT2D eigenvalue weighted by molar-refractivity contribution is 9.09. The number of methoxy groups -OCH3 is 1. The van der Waals surface area contributed by atoms with E-state index in [1.807, 2.05) is 0 Å². The van der Waals surface area contributed by atoms with Crippen LogP contribution in [-0.2, 0) is 11.2 Å². The van der Waals surface area contributed by atoms with Gasteiger partial charge in [-0.2, -0.15) is 0 Å². The molecule has 118 valence electrons. The van der Waals surface area contributed by atoms with E-state index in [1.165, 1.54) is 43.2 Å². The molecule has 2 rings (SSSR count). The van der Waals surface area contributed by atoms with Crippen LogP contribution in [0.5, 0.6) is 0 Å². The van der Waals surface area contributed by atoms with E-state index < -0.39 is 0 Å². The summed E-state index contributed by atoms with van der Waals surface area (Å²) in [5.41, 5.74) is 3.27. The Balaban J connectivity index is 2.11. The average Bonchev–Trinajstić information content (AvgIpc) is 2.93. The highest BCUT2D eigenvalue weighted by Gasteiger charge is 2.40. The maximum absolute atomic E-state index is 5.16. The van der Waals surface area contributed by atoms with Crippen molar-refractivity contribution in [2.24, 2.45) is 11.3 Å². The maximum atomic E-state index is 5.16. The van der Waals surface area contributed by atoms with E-state index in [0.29, 0.717) is 10.2 Å². The lowest BCUT2D eigenvalue weighted by atomic mass is 9.74. The quantitative estimate of drug-likeness (QED) is 0.553. The number of hydrogen-bond donors (Lipinski definition) is 0. The molecular formula is C19H29BrO. The Morgan fingerprint density at radius 3 is 2.29 bits per heavy atom. The van der Waals surface area contributed by atoms with Gasteiger partial charge >= 0.3 is 0 Å². The molecule has 0 radical (unpaired) electrons. The Morgan fingerprint density at radius 2 is 1.76 bits per heavy atom. The van der Waals surface area contributed by atoms with Crippen LogP contribution in [0.2, 0.25) is 0 Å². The maximum Gasteiger partial charge on any atom is 0.0502 e. The van der Waals surface area contributed by atoms with Crippen molar-refractivity contribution in [3.63, 3.8) is 0 Å². The molecular weight excluding hydrogens is 324 g/mol. The number of rotatable bonds is 7. The molecule has 0 spiro atoms. The van der Waals surface area contributed by atoms with Crippen molar-refractivity contribution in [3.8, 4) is 0 Å². The van der Waals surface area contributed by atoms with Gasteiger partial charge in [0.25, 0.3) is 0 Å². The van der Waals surface area contributed by atoms with Gasteiger partial charge in [-0.15, -0.1) is 0 Å². The van der Waals surface area contributed by atoms with Crippen LogP contribution in [0.15, 0.2) is 24.3 Å². The average molecular weight is 353 g/mol. The second kappa shape index (κ2) is 7.78. The first kappa shape index (κ1) is 17.0. The zero-order valence-corrected chi connectivity index (χ0v) is 15.3. The molecule has 0 aliphatic heterocycles. The third-order valence-electron chi connectivity index (χ3n) is 4.82. The molecule has 1 aliphatic rings. The van der Waals surface area contributed by atoms with Gasteiger partial charge in [0.15, 0.2) is 0 Å². The fourth-order valence-electron chi connectivity index (χ4n) is 3.88. The molecule has 0 N–H and O–H groups in total. The van der Waals surface area contributed by atoms with E-state index in [1.54, 1.807) is 7.11 Å². The summed E-state index contributed by atoms with van der Waals surface area (Å²) in [6, 6.07) is 9.15. The Bertz CT molecular complexity index is 418. The van der Waals surface area contributed by atoms with E-state index in [0.717, 1.165) is 18.9 Å². The van der Waals surface area contributed by atoms with E-state index in [4.69, 9.17) is 4.74 Å². The van der Waals surface area contributed by atoms with E-state index in [9.17, 15) is 0 Å². The minimum atomic E-state index is 0.461. The van der Waals surface area contributed by atoms with Crippen molar-refractivity contribution in [2.45, 2.75) is 57.2 Å². The summed E-state index contributed by atoms with van der Waals surface area (Å²) in [4.78, 5) is 0.492. The normalized spacial score (nSPS) is 19.1. The van der Waals surface area contributed by atoms with Crippen molar-refractivity contribution in [1.29, 1.82) is 0 Å². The molecule has 0 bridgehead atoms. The van der Waals surface area contributed by atoms with Crippen molar-refractivity contribution >= 4 is 15.9 Å². The fourth-order valence-corrected chi connectivity index (χ4v) is 4.83. The first-order valence-corrected chi connectivity index (χ1v) is 9.21. The van der Waals surface area contributed by atoms with Crippen LogP contribution >= 0.6 is 15.9 Å². The molecule has 1 aromatic rings. The predicted octanol–water partition coefficient (Wildman–Crippen LogP) is 5.92. The summed E-state index contributed by atoms with van der Waals surface area (Å²) < 4.78 is 5.16. The molecule has 1 fully saturated rings. The van der Waals surface area contributed by atoms with E-state index in [-0.39, 0.29) is 0 Å². The van der Waals surface area contributed by atoms with Crippen LogP contribution in [-0.4, -0.2) is 13.7 Å². The van der Waals surface area contributed by atoms with Crippen LogP contribution in [0.4, 0.5) is 0 Å². The SMILES string of the molecule is COCCc1ccc(C(Br)C2(CC(C)C)CCCC2)cc1. The van der Waals surface area contributed by atoms with E-state index >= 15 is 0 Å². The van der Waals surface area contributed by atoms with Crippen LogP contribution in [0, 0.1) is 11.3 Å². The molecule has 1 nitrogen and oxygen atoms in total. The smallest absolute Gasteiger partial charge is 0.0502 e. The number of hydrogen-bond acceptors (Lipinski definition) is 1.